The number of aliphatic carboxylic acids is 1. The molecule has 1 aliphatic rings. The van der Waals surface area contributed by atoms with Crippen molar-refractivity contribution in [2.75, 3.05) is 19.0 Å². The molecule has 1 aromatic carbocycles. The molecule has 0 fully saturated rings. The van der Waals surface area contributed by atoms with Crippen molar-refractivity contribution >= 4 is 21.7 Å². The number of fused-ring (bicyclic) bond motifs is 1. The van der Waals surface area contributed by atoms with Crippen molar-refractivity contribution in [2.45, 2.75) is 24.3 Å². The van der Waals surface area contributed by atoms with E-state index in [2.05, 4.69) is 5.32 Å². The van der Waals surface area contributed by atoms with Crippen molar-refractivity contribution in [2.24, 2.45) is 0 Å². The lowest BCUT2D eigenvalue weighted by atomic mass is 10.3. The summed E-state index contributed by atoms with van der Waals surface area (Å²) in [4.78, 5) is 22.2. The zero-order chi connectivity index (χ0) is 17.0. The molecule has 0 unspecified atom stereocenters. The summed E-state index contributed by atoms with van der Waals surface area (Å²) < 4.78 is 35.1. The van der Waals surface area contributed by atoms with Crippen molar-refractivity contribution in [3.05, 3.63) is 18.2 Å². The lowest BCUT2D eigenvalue weighted by molar-refractivity contribution is -0.141. The first kappa shape index (κ1) is 17.1. The normalized spacial score (nSPS) is 14.8. The highest BCUT2D eigenvalue weighted by atomic mass is 32.2. The Morgan fingerprint density at radius 1 is 1.26 bits per heavy atom. The smallest absolute Gasteiger partial charge is 0.325 e. The molecule has 23 heavy (non-hydrogen) atoms. The Morgan fingerprint density at radius 2 is 1.91 bits per heavy atom. The Morgan fingerprint density at radius 3 is 2.57 bits per heavy atom. The van der Waals surface area contributed by atoms with Crippen LogP contribution < -0.4 is 14.8 Å². The molecule has 2 N–H and O–H groups in total. The van der Waals surface area contributed by atoms with Crippen molar-refractivity contribution in [3.63, 3.8) is 0 Å². The Balaban J connectivity index is 2.02. The van der Waals surface area contributed by atoms with Crippen LogP contribution in [0.25, 0.3) is 0 Å². The lowest BCUT2D eigenvalue weighted by Gasteiger charge is -2.18. The Labute approximate surface area is 133 Å². The Bertz CT molecular complexity index is 714. The predicted octanol–water partition coefficient (Wildman–Crippen LogP) is 0.211. The number of carbonyl (C=O) groups excluding carboxylic acids is 1. The van der Waals surface area contributed by atoms with Crippen LogP contribution in [0.5, 0.6) is 11.5 Å². The number of benzene rings is 1. The number of hydrogen-bond acceptors (Lipinski definition) is 6. The molecule has 0 aliphatic carbocycles. The largest absolute Gasteiger partial charge is 0.486 e. The monoisotopic (exact) mass is 343 g/mol. The number of amides is 1. The van der Waals surface area contributed by atoms with E-state index >= 15 is 0 Å². The molecule has 1 heterocycles. The number of carboxylic acids is 1. The summed E-state index contributed by atoms with van der Waals surface area (Å²) in [5, 5.41) is 10.9. The topological polar surface area (TPSA) is 119 Å². The predicted molar refractivity (Wildman–Crippen MR) is 79.3 cm³/mol. The summed E-state index contributed by atoms with van der Waals surface area (Å²) in [7, 11) is -3.69. The third-order valence-corrected chi connectivity index (χ3v) is 4.93. The van der Waals surface area contributed by atoms with E-state index in [1.807, 2.05) is 0 Å². The quantitative estimate of drug-likeness (QED) is 0.758. The molecule has 9 heteroatoms. The number of carbonyl (C=O) groups is 2. The summed E-state index contributed by atoms with van der Waals surface area (Å²) in [5.41, 5.74) is 0. The highest BCUT2D eigenvalue weighted by Gasteiger charge is 2.21. The van der Waals surface area contributed by atoms with E-state index in [0.717, 1.165) is 0 Å². The summed E-state index contributed by atoms with van der Waals surface area (Å²) >= 11 is 0. The molecule has 2 rings (SSSR count). The van der Waals surface area contributed by atoms with Crippen LogP contribution in [0.1, 0.15) is 13.3 Å². The average Bonchev–Trinajstić information content (AvgIpc) is 2.52. The van der Waals surface area contributed by atoms with Gasteiger partial charge in [0.05, 0.1) is 10.6 Å². The van der Waals surface area contributed by atoms with Gasteiger partial charge < -0.3 is 19.9 Å². The fourth-order valence-electron chi connectivity index (χ4n) is 1.94. The van der Waals surface area contributed by atoms with Crippen LogP contribution in [-0.4, -0.2) is 50.4 Å². The minimum atomic E-state index is -3.69. The van der Waals surface area contributed by atoms with Gasteiger partial charge in [0.2, 0.25) is 5.91 Å². The summed E-state index contributed by atoms with van der Waals surface area (Å²) in [6.07, 6.45) is -0.325. The van der Waals surface area contributed by atoms with Crippen molar-refractivity contribution in [3.8, 4) is 11.5 Å². The molecule has 126 valence electrons. The van der Waals surface area contributed by atoms with E-state index in [9.17, 15) is 18.0 Å². The van der Waals surface area contributed by atoms with E-state index in [0.29, 0.717) is 24.7 Å². The van der Waals surface area contributed by atoms with Crippen LogP contribution in [0.4, 0.5) is 0 Å². The summed E-state index contributed by atoms with van der Waals surface area (Å²) in [5.74, 6) is -1.43. The molecule has 1 atom stereocenters. The second kappa shape index (κ2) is 6.86. The number of sulfone groups is 1. The van der Waals surface area contributed by atoms with Gasteiger partial charge in [-0.3, -0.25) is 9.59 Å². The number of rotatable bonds is 6. The molecule has 0 saturated carbocycles. The van der Waals surface area contributed by atoms with Gasteiger partial charge in [-0.2, -0.15) is 0 Å². The first-order valence-electron chi connectivity index (χ1n) is 6.94. The standard InChI is InChI=1S/C14H17NO7S/c1-9(14(17)18)15-13(16)4-7-23(19,20)10-2-3-11-12(8-10)22-6-5-21-11/h2-3,8-9H,4-7H2,1H3,(H,15,16)(H,17,18)/t9-/m1/s1. The van der Waals surface area contributed by atoms with Crippen molar-refractivity contribution in [1.82, 2.24) is 5.32 Å². The van der Waals surface area contributed by atoms with E-state index in [-0.39, 0.29) is 11.3 Å². The number of ether oxygens (including phenoxy) is 2. The third kappa shape index (κ3) is 4.35. The van der Waals surface area contributed by atoms with Gasteiger partial charge >= 0.3 is 5.97 Å². The second-order valence-electron chi connectivity index (χ2n) is 5.00. The molecular weight excluding hydrogens is 326 g/mol. The first-order chi connectivity index (χ1) is 10.8. The molecular formula is C14H17NO7S. The Hall–Kier alpha value is -2.29. The van der Waals surface area contributed by atoms with Crippen molar-refractivity contribution < 1.29 is 32.6 Å². The van der Waals surface area contributed by atoms with E-state index in [1.165, 1.54) is 25.1 Å². The Kier molecular flexibility index (Phi) is 5.09. The molecule has 1 amide bonds. The number of hydrogen-bond donors (Lipinski definition) is 2. The third-order valence-electron chi connectivity index (χ3n) is 3.22. The molecule has 0 spiro atoms. The van der Waals surface area contributed by atoms with Crippen LogP contribution in [0.2, 0.25) is 0 Å². The second-order valence-corrected chi connectivity index (χ2v) is 7.11. The zero-order valence-electron chi connectivity index (χ0n) is 12.4. The fourth-order valence-corrected chi connectivity index (χ4v) is 3.19. The van der Waals surface area contributed by atoms with E-state index in [4.69, 9.17) is 14.6 Å². The highest BCUT2D eigenvalue weighted by molar-refractivity contribution is 7.91. The van der Waals surface area contributed by atoms with Crippen LogP contribution >= 0.6 is 0 Å². The molecule has 0 saturated heterocycles. The van der Waals surface area contributed by atoms with Crippen LogP contribution in [0.15, 0.2) is 23.1 Å². The van der Waals surface area contributed by atoms with Crippen molar-refractivity contribution in [1.29, 1.82) is 0 Å². The van der Waals surface area contributed by atoms with E-state index < -0.39 is 33.5 Å². The van der Waals surface area contributed by atoms with E-state index in [1.54, 1.807) is 0 Å². The maximum absolute atomic E-state index is 12.2. The minimum Gasteiger partial charge on any atom is -0.486 e. The minimum absolute atomic E-state index is 0.0285. The highest BCUT2D eigenvalue weighted by Crippen LogP contribution is 2.32. The zero-order valence-corrected chi connectivity index (χ0v) is 13.3. The summed E-state index contributed by atoms with van der Waals surface area (Å²) in [6, 6.07) is 3.19. The van der Waals surface area contributed by atoms with Crippen LogP contribution in [0, 0.1) is 0 Å². The van der Waals surface area contributed by atoms with Gasteiger partial charge in [-0.05, 0) is 19.1 Å². The van der Waals surface area contributed by atoms with Crippen LogP contribution in [-0.2, 0) is 19.4 Å². The first-order valence-corrected chi connectivity index (χ1v) is 8.59. The fraction of sp³-hybridized carbons (Fsp3) is 0.429. The van der Waals surface area contributed by atoms with Crippen LogP contribution in [0.3, 0.4) is 0 Å². The molecule has 0 radical (unpaired) electrons. The summed E-state index contributed by atoms with van der Waals surface area (Å²) in [6.45, 7) is 2.04. The SMILES string of the molecule is C[C@@H](NC(=O)CCS(=O)(=O)c1ccc2c(c1)OCCO2)C(=O)O. The maximum Gasteiger partial charge on any atom is 0.325 e. The molecule has 0 aromatic heterocycles. The maximum atomic E-state index is 12.2. The number of nitrogens with one attached hydrogen (secondary N) is 1. The van der Waals surface area contributed by atoms with Gasteiger partial charge in [0.1, 0.15) is 19.3 Å². The molecule has 0 bridgehead atoms. The van der Waals surface area contributed by atoms with Gasteiger partial charge in [-0.15, -0.1) is 0 Å². The molecule has 8 nitrogen and oxygen atoms in total. The van der Waals surface area contributed by atoms with Gasteiger partial charge in [0.25, 0.3) is 0 Å². The molecule has 1 aromatic rings. The van der Waals surface area contributed by atoms with Gasteiger partial charge in [-0.25, -0.2) is 8.42 Å². The van der Waals surface area contributed by atoms with Gasteiger partial charge in [0.15, 0.2) is 21.3 Å². The van der Waals surface area contributed by atoms with Gasteiger partial charge in [-0.1, -0.05) is 0 Å². The average molecular weight is 343 g/mol. The van der Waals surface area contributed by atoms with Gasteiger partial charge in [0, 0.05) is 12.5 Å². The molecule has 1 aliphatic heterocycles. The number of carboxylic acid groups (broad SMARTS) is 1. The lowest BCUT2D eigenvalue weighted by Crippen LogP contribution is -2.38.